The maximum absolute atomic E-state index is 12.0. The van der Waals surface area contributed by atoms with Gasteiger partial charge in [-0.15, -0.1) is 0 Å². The van der Waals surface area contributed by atoms with Gasteiger partial charge in [0.2, 0.25) is 0 Å². The summed E-state index contributed by atoms with van der Waals surface area (Å²) in [6, 6.07) is 19.7. The van der Waals surface area contributed by atoms with Crippen molar-refractivity contribution in [1.29, 1.82) is 0 Å². The minimum atomic E-state index is 0.00527. The van der Waals surface area contributed by atoms with Gasteiger partial charge in [-0.05, 0) is 62.2 Å². The average molecular weight is 430 g/mol. The number of carbonyl (C=O) groups excluding carboxylic acids is 1. The van der Waals surface area contributed by atoms with Crippen LogP contribution in [0.1, 0.15) is 18.2 Å². The van der Waals surface area contributed by atoms with Crippen LogP contribution in [0.4, 0.5) is 16.2 Å². The van der Waals surface area contributed by atoms with E-state index < -0.39 is 0 Å². The number of fused-ring (bicyclic) bond motifs is 1. The molecule has 2 amide bonds. The highest BCUT2D eigenvalue weighted by atomic mass is 16.2. The van der Waals surface area contributed by atoms with Crippen molar-refractivity contribution in [2.24, 2.45) is 0 Å². The normalized spacial score (nSPS) is 19.6. The molecule has 3 aromatic rings. The van der Waals surface area contributed by atoms with Crippen LogP contribution in [0.2, 0.25) is 0 Å². The van der Waals surface area contributed by atoms with Crippen LogP contribution in [-0.4, -0.2) is 61.2 Å². The topological polar surface area (TPSA) is 51.7 Å². The molecular formula is C26H31N5O. The lowest BCUT2D eigenvalue weighted by atomic mass is 10.1. The third-order valence-electron chi connectivity index (χ3n) is 6.72. The van der Waals surface area contributed by atoms with Gasteiger partial charge in [-0.25, -0.2) is 4.79 Å². The Morgan fingerprint density at radius 2 is 1.94 bits per heavy atom. The second-order valence-corrected chi connectivity index (χ2v) is 8.93. The highest BCUT2D eigenvalue weighted by molar-refractivity contribution is 5.94. The van der Waals surface area contributed by atoms with E-state index in [-0.39, 0.29) is 6.03 Å². The van der Waals surface area contributed by atoms with Gasteiger partial charge in [0.05, 0.1) is 5.52 Å². The number of hydrogen-bond acceptors (Lipinski definition) is 4. The summed E-state index contributed by atoms with van der Waals surface area (Å²) < 4.78 is 0. The van der Waals surface area contributed by atoms with Gasteiger partial charge in [0.15, 0.2) is 0 Å². The zero-order valence-electron chi connectivity index (χ0n) is 18.9. The first-order chi connectivity index (χ1) is 15.6. The van der Waals surface area contributed by atoms with E-state index in [0.29, 0.717) is 6.04 Å². The Bertz CT molecular complexity index is 1130. The lowest BCUT2D eigenvalue weighted by molar-refractivity contribution is 0.192. The van der Waals surface area contributed by atoms with Crippen molar-refractivity contribution < 1.29 is 4.79 Å². The number of nitrogens with one attached hydrogen (secondary N) is 1. The van der Waals surface area contributed by atoms with Crippen LogP contribution in [0.3, 0.4) is 0 Å². The molecule has 0 saturated carbocycles. The van der Waals surface area contributed by atoms with Crippen molar-refractivity contribution in [3.8, 4) is 0 Å². The Hall–Kier alpha value is -3.12. The van der Waals surface area contributed by atoms with Gasteiger partial charge in [-0.3, -0.25) is 14.8 Å². The van der Waals surface area contributed by atoms with E-state index in [1.54, 1.807) is 0 Å². The number of anilines is 2. The number of rotatable bonds is 5. The fraction of sp³-hybridized carbons (Fsp3) is 0.385. The first-order valence-corrected chi connectivity index (χ1v) is 11.6. The van der Waals surface area contributed by atoms with Crippen LogP contribution in [0.5, 0.6) is 0 Å². The number of nitrogens with zero attached hydrogens (tertiary/aromatic N) is 4. The molecule has 1 atom stereocenters. The number of piperazine rings is 1. The standard InChI is InChI=1S/C26H31N5O/c1-19-9-10-23-24(28-19)7-4-8-25(23)30-16-15-29(20(2)18-30)13-11-21-5-3-6-22(17-21)31-14-12-27-26(31)32/h3-10,17,20H,11-16,18H2,1-2H3,(H,27,32)/t20-/m1/s1. The maximum Gasteiger partial charge on any atom is 0.321 e. The van der Waals surface area contributed by atoms with Gasteiger partial charge in [0.1, 0.15) is 0 Å². The molecule has 3 heterocycles. The number of carbonyl (C=O) groups is 1. The van der Waals surface area contributed by atoms with Gasteiger partial charge in [0.25, 0.3) is 0 Å². The van der Waals surface area contributed by atoms with Crippen molar-refractivity contribution in [2.45, 2.75) is 26.3 Å². The summed E-state index contributed by atoms with van der Waals surface area (Å²) in [5, 5.41) is 4.12. The SMILES string of the molecule is Cc1ccc2c(N3CCN(CCc4cccc(N5CCNC5=O)c4)[C@H](C)C3)cccc2n1. The monoisotopic (exact) mass is 429 g/mol. The van der Waals surface area contributed by atoms with E-state index in [9.17, 15) is 4.79 Å². The summed E-state index contributed by atoms with van der Waals surface area (Å²) in [6.07, 6.45) is 0.991. The van der Waals surface area contributed by atoms with Crippen molar-refractivity contribution in [2.75, 3.05) is 49.1 Å². The van der Waals surface area contributed by atoms with E-state index >= 15 is 0 Å². The Morgan fingerprint density at radius 1 is 1.06 bits per heavy atom. The molecule has 2 aromatic carbocycles. The Labute approximate surface area is 189 Å². The summed E-state index contributed by atoms with van der Waals surface area (Å²) in [5.41, 5.74) is 5.70. The molecule has 2 aliphatic rings. The number of aryl methyl sites for hydroxylation is 1. The molecule has 6 heteroatoms. The molecule has 0 radical (unpaired) electrons. The summed E-state index contributed by atoms with van der Waals surface area (Å²) in [5.74, 6) is 0. The number of pyridine rings is 1. The Balaban J connectivity index is 1.23. The van der Waals surface area contributed by atoms with Crippen LogP contribution in [0, 0.1) is 6.92 Å². The second kappa shape index (κ2) is 8.79. The summed E-state index contributed by atoms with van der Waals surface area (Å²) >= 11 is 0. The van der Waals surface area contributed by atoms with E-state index in [1.807, 2.05) is 17.9 Å². The van der Waals surface area contributed by atoms with Crippen molar-refractivity contribution >= 4 is 28.3 Å². The molecule has 0 spiro atoms. The van der Waals surface area contributed by atoms with Crippen LogP contribution >= 0.6 is 0 Å². The van der Waals surface area contributed by atoms with E-state index in [2.05, 4.69) is 70.6 Å². The smallest absolute Gasteiger partial charge is 0.321 e. The number of aromatic nitrogens is 1. The molecule has 0 bridgehead atoms. The Morgan fingerprint density at radius 3 is 2.75 bits per heavy atom. The van der Waals surface area contributed by atoms with Crippen LogP contribution in [0.25, 0.3) is 10.9 Å². The van der Waals surface area contributed by atoms with Crippen LogP contribution in [-0.2, 0) is 6.42 Å². The molecule has 0 unspecified atom stereocenters. The minimum Gasteiger partial charge on any atom is -0.368 e. The van der Waals surface area contributed by atoms with Crippen LogP contribution < -0.4 is 15.1 Å². The molecule has 2 saturated heterocycles. The molecule has 5 rings (SSSR count). The fourth-order valence-electron chi connectivity index (χ4n) is 4.93. The lowest BCUT2D eigenvalue weighted by Gasteiger charge is -2.41. The molecule has 166 valence electrons. The molecular weight excluding hydrogens is 398 g/mol. The number of benzene rings is 2. The molecule has 2 fully saturated rings. The quantitative estimate of drug-likeness (QED) is 0.670. The molecule has 0 aliphatic carbocycles. The van der Waals surface area contributed by atoms with Crippen molar-refractivity contribution in [3.05, 3.63) is 65.9 Å². The molecule has 2 aliphatic heterocycles. The highest BCUT2D eigenvalue weighted by Crippen LogP contribution is 2.28. The van der Waals surface area contributed by atoms with E-state index in [4.69, 9.17) is 4.98 Å². The van der Waals surface area contributed by atoms with Gasteiger partial charge >= 0.3 is 6.03 Å². The average Bonchev–Trinajstić information content (AvgIpc) is 3.23. The summed E-state index contributed by atoms with van der Waals surface area (Å²) in [7, 11) is 0. The first-order valence-electron chi connectivity index (χ1n) is 11.6. The van der Waals surface area contributed by atoms with Crippen molar-refractivity contribution in [1.82, 2.24) is 15.2 Å². The van der Waals surface area contributed by atoms with E-state index in [1.165, 1.54) is 16.6 Å². The summed E-state index contributed by atoms with van der Waals surface area (Å²) in [6.45, 7) is 9.94. The zero-order chi connectivity index (χ0) is 22.1. The van der Waals surface area contributed by atoms with Gasteiger partial charge in [0, 0.05) is 67.8 Å². The predicted octanol–water partition coefficient (Wildman–Crippen LogP) is 3.83. The first kappa shape index (κ1) is 20.8. The largest absolute Gasteiger partial charge is 0.368 e. The van der Waals surface area contributed by atoms with Crippen LogP contribution in [0.15, 0.2) is 54.6 Å². The highest BCUT2D eigenvalue weighted by Gasteiger charge is 2.25. The van der Waals surface area contributed by atoms with Gasteiger partial charge in [-0.1, -0.05) is 18.2 Å². The van der Waals surface area contributed by atoms with Gasteiger partial charge in [-0.2, -0.15) is 0 Å². The number of urea groups is 1. The zero-order valence-corrected chi connectivity index (χ0v) is 18.9. The Kier molecular flexibility index (Phi) is 5.70. The van der Waals surface area contributed by atoms with E-state index in [0.717, 1.165) is 62.6 Å². The molecule has 6 nitrogen and oxygen atoms in total. The third-order valence-corrected chi connectivity index (χ3v) is 6.72. The molecule has 1 N–H and O–H groups in total. The fourth-order valence-corrected chi connectivity index (χ4v) is 4.93. The van der Waals surface area contributed by atoms with Gasteiger partial charge < -0.3 is 10.2 Å². The molecule has 1 aromatic heterocycles. The third kappa shape index (κ3) is 4.15. The molecule has 32 heavy (non-hydrogen) atoms. The minimum absolute atomic E-state index is 0.00527. The predicted molar refractivity (Wildman–Crippen MR) is 131 cm³/mol. The summed E-state index contributed by atoms with van der Waals surface area (Å²) in [4.78, 5) is 23.6. The second-order valence-electron chi connectivity index (χ2n) is 8.93. The van der Waals surface area contributed by atoms with Crippen molar-refractivity contribution in [3.63, 3.8) is 0 Å². The number of hydrogen-bond donors (Lipinski definition) is 1. The lowest BCUT2D eigenvalue weighted by Crippen LogP contribution is -2.52. The maximum atomic E-state index is 12.0. The number of amides is 2.